The van der Waals surface area contributed by atoms with E-state index in [1.165, 1.54) is 11.8 Å². The number of methoxy groups -OCH3 is 1. The average Bonchev–Trinajstić information content (AvgIpc) is 3.16. The lowest BCUT2D eigenvalue weighted by molar-refractivity contribution is -0.118. The van der Waals surface area contributed by atoms with Crippen molar-refractivity contribution in [3.05, 3.63) is 54.1 Å². The van der Waals surface area contributed by atoms with Crippen molar-refractivity contribution in [2.75, 3.05) is 19.4 Å². The Hall–Kier alpha value is -3.00. The molecule has 140 valence electrons. The van der Waals surface area contributed by atoms with Crippen LogP contribution in [0.1, 0.15) is 5.56 Å². The Morgan fingerprint density at radius 1 is 1.22 bits per heavy atom. The number of thioether (sulfide) groups is 1. The molecule has 0 saturated carbocycles. The van der Waals surface area contributed by atoms with Crippen LogP contribution in [0.5, 0.6) is 11.5 Å². The molecule has 0 bridgehead atoms. The summed E-state index contributed by atoms with van der Waals surface area (Å²) in [6.45, 7) is 0.537. The molecule has 0 aliphatic carbocycles. The van der Waals surface area contributed by atoms with Crippen LogP contribution >= 0.6 is 11.8 Å². The highest BCUT2D eigenvalue weighted by Crippen LogP contribution is 2.24. The molecular weight excluding hydrogens is 366 g/mol. The van der Waals surface area contributed by atoms with Gasteiger partial charge in [0, 0.05) is 12.1 Å². The molecule has 0 aliphatic heterocycles. The maximum Gasteiger partial charge on any atom is 0.277 e. The summed E-state index contributed by atoms with van der Waals surface area (Å²) in [5.74, 6) is 1.40. The van der Waals surface area contributed by atoms with Crippen molar-refractivity contribution in [3.63, 3.8) is 0 Å². The van der Waals surface area contributed by atoms with Crippen LogP contribution in [0, 0.1) is 0 Å². The zero-order chi connectivity index (χ0) is 19.1. The van der Waals surface area contributed by atoms with Gasteiger partial charge in [0.25, 0.3) is 5.22 Å². The van der Waals surface area contributed by atoms with Gasteiger partial charge in [-0.1, -0.05) is 23.9 Å². The number of nitrogens with one attached hydrogen (secondary N) is 1. The van der Waals surface area contributed by atoms with E-state index in [4.69, 9.17) is 9.15 Å². The van der Waals surface area contributed by atoms with Gasteiger partial charge in [-0.3, -0.25) is 4.79 Å². The molecule has 0 radical (unpaired) electrons. The van der Waals surface area contributed by atoms with Crippen LogP contribution in [0.4, 0.5) is 0 Å². The van der Waals surface area contributed by atoms with Gasteiger partial charge >= 0.3 is 0 Å². The molecule has 0 fully saturated rings. The number of carbonyl (C=O) groups excluding carboxylic acids is 1. The Balaban J connectivity index is 1.43. The predicted molar refractivity (Wildman–Crippen MR) is 102 cm³/mol. The van der Waals surface area contributed by atoms with Gasteiger partial charge in [0.05, 0.1) is 12.9 Å². The number of hydrogen-bond donors (Lipinski definition) is 2. The van der Waals surface area contributed by atoms with Gasteiger partial charge < -0.3 is 19.6 Å². The third kappa shape index (κ3) is 5.49. The largest absolute Gasteiger partial charge is 0.508 e. The molecule has 1 aromatic heterocycles. The summed E-state index contributed by atoms with van der Waals surface area (Å²) in [4.78, 5) is 12.0. The van der Waals surface area contributed by atoms with E-state index in [2.05, 4.69) is 15.5 Å². The summed E-state index contributed by atoms with van der Waals surface area (Å²) in [5.41, 5.74) is 1.80. The van der Waals surface area contributed by atoms with Gasteiger partial charge in [0.15, 0.2) is 0 Å². The maximum absolute atomic E-state index is 12.0. The fraction of sp³-hybridized carbons (Fsp3) is 0.211. The Bertz CT molecular complexity index is 896. The number of carbonyl (C=O) groups is 1. The van der Waals surface area contributed by atoms with Crippen LogP contribution in [0.15, 0.2) is 58.2 Å². The monoisotopic (exact) mass is 385 g/mol. The highest BCUT2D eigenvalue weighted by molar-refractivity contribution is 7.99. The third-order valence-electron chi connectivity index (χ3n) is 3.72. The van der Waals surface area contributed by atoms with Gasteiger partial charge in [0.1, 0.15) is 11.5 Å². The van der Waals surface area contributed by atoms with Gasteiger partial charge in [0.2, 0.25) is 11.8 Å². The molecule has 1 heterocycles. The van der Waals surface area contributed by atoms with Gasteiger partial charge in [-0.2, -0.15) is 0 Å². The number of phenols is 1. The number of ether oxygens (including phenoxy) is 1. The Kier molecular flexibility index (Phi) is 6.32. The quantitative estimate of drug-likeness (QED) is 0.575. The van der Waals surface area contributed by atoms with Crippen LogP contribution < -0.4 is 10.1 Å². The Morgan fingerprint density at radius 3 is 2.81 bits per heavy atom. The number of hydrogen-bond acceptors (Lipinski definition) is 7. The molecule has 2 N–H and O–H groups in total. The molecule has 0 saturated heterocycles. The topological polar surface area (TPSA) is 97.5 Å². The summed E-state index contributed by atoms with van der Waals surface area (Å²) in [5, 5.41) is 20.4. The lowest BCUT2D eigenvalue weighted by Crippen LogP contribution is -2.27. The van der Waals surface area contributed by atoms with E-state index in [0.29, 0.717) is 23.2 Å². The lowest BCUT2D eigenvalue weighted by Gasteiger charge is -2.06. The SMILES string of the molecule is COc1cccc(CCNC(=O)CSc2nnc(-c3ccc(O)cc3)o2)c1. The first-order chi connectivity index (χ1) is 13.1. The second kappa shape index (κ2) is 9.09. The number of rotatable bonds is 8. The fourth-order valence-corrected chi connectivity index (χ4v) is 2.93. The van der Waals surface area contributed by atoms with E-state index in [1.54, 1.807) is 31.4 Å². The van der Waals surface area contributed by atoms with Crippen LogP contribution in [0.2, 0.25) is 0 Å². The molecule has 0 spiro atoms. The van der Waals surface area contributed by atoms with E-state index >= 15 is 0 Å². The molecule has 2 aromatic carbocycles. The molecule has 0 unspecified atom stereocenters. The fourth-order valence-electron chi connectivity index (χ4n) is 2.34. The van der Waals surface area contributed by atoms with Crippen molar-refractivity contribution in [3.8, 4) is 23.0 Å². The van der Waals surface area contributed by atoms with Gasteiger partial charge in [-0.15, -0.1) is 10.2 Å². The first-order valence-corrected chi connectivity index (χ1v) is 9.28. The predicted octanol–water partition coefficient (Wildman–Crippen LogP) is 2.90. The zero-order valence-electron chi connectivity index (χ0n) is 14.7. The van der Waals surface area contributed by atoms with E-state index in [0.717, 1.165) is 17.7 Å². The maximum atomic E-state index is 12.0. The van der Waals surface area contributed by atoms with E-state index < -0.39 is 0 Å². The summed E-state index contributed by atoms with van der Waals surface area (Å²) in [6, 6.07) is 14.2. The van der Waals surface area contributed by atoms with Crippen molar-refractivity contribution >= 4 is 17.7 Å². The van der Waals surface area contributed by atoms with Crippen molar-refractivity contribution in [1.29, 1.82) is 0 Å². The molecule has 27 heavy (non-hydrogen) atoms. The molecule has 3 aromatic rings. The molecular formula is C19H19N3O4S. The summed E-state index contributed by atoms with van der Waals surface area (Å²) >= 11 is 1.18. The number of aromatic nitrogens is 2. The van der Waals surface area contributed by atoms with Gasteiger partial charge in [-0.25, -0.2) is 0 Å². The highest BCUT2D eigenvalue weighted by atomic mass is 32.2. The van der Waals surface area contributed by atoms with Crippen molar-refractivity contribution in [1.82, 2.24) is 15.5 Å². The van der Waals surface area contributed by atoms with E-state index in [1.807, 2.05) is 24.3 Å². The molecule has 8 heteroatoms. The molecule has 1 amide bonds. The number of phenolic OH excluding ortho intramolecular Hbond substituents is 1. The van der Waals surface area contributed by atoms with Crippen LogP contribution in [-0.4, -0.2) is 40.6 Å². The Morgan fingerprint density at radius 2 is 2.04 bits per heavy atom. The lowest BCUT2D eigenvalue weighted by atomic mass is 10.1. The first kappa shape index (κ1) is 18.8. The standard InChI is InChI=1S/C19H19N3O4S/c1-25-16-4-2-3-13(11-16)9-10-20-17(24)12-27-19-22-21-18(26-19)14-5-7-15(23)8-6-14/h2-8,11,23H,9-10,12H2,1H3,(H,20,24). The number of amides is 1. The molecule has 0 aliphatic rings. The number of nitrogens with zero attached hydrogens (tertiary/aromatic N) is 2. The molecule has 0 atom stereocenters. The normalized spacial score (nSPS) is 10.6. The van der Waals surface area contributed by atoms with Gasteiger partial charge in [-0.05, 0) is 48.4 Å². The average molecular weight is 385 g/mol. The summed E-state index contributed by atoms with van der Waals surface area (Å²) in [7, 11) is 1.63. The van der Waals surface area contributed by atoms with Crippen LogP contribution in [-0.2, 0) is 11.2 Å². The van der Waals surface area contributed by atoms with E-state index in [9.17, 15) is 9.90 Å². The molecule has 7 nitrogen and oxygen atoms in total. The van der Waals surface area contributed by atoms with E-state index in [-0.39, 0.29) is 17.4 Å². The molecule has 3 rings (SSSR count). The minimum Gasteiger partial charge on any atom is -0.508 e. The minimum atomic E-state index is -0.104. The zero-order valence-corrected chi connectivity index (χ0v) is 15.5. The number of aromatic hydroxyl groups is 1. The van der Waals surface area contributed by atoms with Crippen molar-refractivity contribution in [2.45, 2.75) is 11.6 Å². The summed E-state index contributed by atoms with van der Waals surface area (Å²) < 4.78 is 10.7. The summed E-state index contributed by atoms with van der Waals surface area (Å²) in [6.07, 6.45) is 0.721. The van der Waals surface area contributed by atoms with Crippen LogP contribution in [0.25, 0.3) is 11.5 Å². The smallest absolute Gasteiger partial charge is 0.277 e. The third-order valence-corrected chi connectivity index (χ3v) is 4.54. The second-order valence-electron chi connectivity index (χ2n) is 5.66. The minimum absolute atomic E-state index is 0.104. The highest BCUT2D eigenvalue weighted by Gasteiger charge is 2.11. The Labute approximate surface area is 160 Å². The first-order valence-electron chi connectivity index (χ1n) is 8.29. The number of benzene rings is 2. The van der Waals surface area contributed by atoms with Crippen LogP contribution in [0.3, 0.4) is 0 Å². The second-order valence-corrected chi connectivity index (χ2v) is 6.59. The van der Waals surface area contributed by atoms with Crippen molar-refractivity contribution < 1.29 is 19.1 Å². The van der Waals surface area contributed by atoms with Crippen molar-refractivity contribution in [2.24, 2.45) is 0 Å².